The van der Waals surface area contributed by atoms with E-state index in [4.69, 9.17) is 4.74 Å². The van der Waals surface area contributed by atoms with Gasteiger partial charge in [-0.05, 0) is 49.9 Å². The van der Waals surface area contributed by atoms with E-state index in [0.717, 1.165) is 37.2 Å². The number of nitrogens with zero attached hydrogens (tertiary/aromatic N) is 1. The molecule has 1 saturated heterocycles. The van der Waals surface area contributed by atoms with Crippen molar-refractivity contribution in [3.05, 3.63) is 29.8 Å². The zero-order valence-corrected chi connectivity index (χ0v) is 13.7. The van der Waals surface area contributed by atoms with E-state index in [2.05, 4.69) is 22.9 Å². The van der Waals surface area contributed by atoms with Crippen molar-refractivity contribution in [3.8, 4) is 5.75 Å². The van der Waals surface area contributed by atoms with Crippen molar-refractivity contribution in [2.45, 2.75) is 31.5 Å². The van der Waals surface area contributed by atoms with Crippen LogP contribution in [0.4, 0.5) is 0 Å². The highest BCUT2D eigenvalue weighted by Gasteiger charge is 2.25. The van der Waals surface area contributed by atoms with Crippen LogP contribution in [0.2, 0.25) is 0 Å². The number of carbonyl (C=O) groups excluding carboxylic acids is 1. The van der Waals surface area contributed by atoms with Crippen LogP contribution in [0.1, 0.15) is 37.0 Å². The maximum atomic E-state index is 12.4. The van der Waals surface area contributed by atoms with Gasteiger partial charge in [0.15, 0.2) is 0 Å². The molecule has 1 atom stereocenters. The molecule has 3 nitrogen and oxygen atoms in total. The number of rotatable bonds is 4. The first kappa shape index (κ1) is 15.4. The molecule has 1 unspecified atom stereocenters. The Morgan fingerprint density at radius 3 is 2.45 bits per heavy atom. The molecule has 0 saturated carbocycles. The number of amides is 1. The first-order chi connectivity index (χ1) is 9.61. The number of halogens is 1. The smallest absolute Gasteiger partial charge is 0.253 e. The largest absolute Gasteiger partial charge is 0.494 e. The maximum Gasteiger partial charge on any atom is 0.253 e. The Morgan fingerprint density at radius 2 is 1.95 bits per heavy atom. The second kappa shape index (κ2) is 7.11. The van der Waals surface area contributed by atoms with Gasteiger partial charge in [-0.2, -0.15) is 0 Å². The normalized spacial score (nSPS) is 17.9. The minimum Gasteiger partial charge on any atom is -0.494 e. The third kappa shape index (κ3) is 3.75. The van der Waals surface area contributed by atoms with Crippen molar-refractivity contribution in [1.82, 2.24) is 4.90 Å². The van der Waals surface area contributed by atoms with Gasteiger partial charge in [-0.3, -0.25) is 4.79 Å². The molecular weight excluding hydrogens is 318 g/mol. The summed E-state index contributed by atoms with van der Waals surface area (Å²) in [6, 6.07) is 7.44. The molecule has 0 bridgehead atoms. The lowest BCUT2D eigenvalue weighted by Crippen LogP contribution is -2.39. The number of benzene rings is 1. The van der Waals surface area contributed by atoms with Crippen LogP contribution in [0.15, 0.2) is 24.3 Å². The molecule has 4 heteroatoms. The summed E-state index contributed by atoms with van der Waals surface area (Å²) >= 11 is 3.64. The van der Waals surface area contributed by atoms with Gasteiger partial charge in [0.2, 0.25) is 0 Å². The van der Waals surface area contributed by atoms with Gasteiger partial charge in [0.25, 0.3) is 5.91 Å². The van der Waals surface area contributed by atoms with Crippen LogP contribution in [-0.4, -0.2) is 35.3 Å². The summed E-state index contributed by atoms with van der Waals surface area (Å²) in [6.07, 6.45) is 2.16. The van der Waals surface area contributed by atoms with Crippen LogP contribution in [0, 0.1) is 5.92 Å². The van der Waals surface area contributed by atoms with E-state index in [-0.39, 0.29) is 5.91 Å². The molecule has 0 N–H and O–H groups in total. The highest BCUT2D eigenvalue weighted by Crippen LogP contribution is 2.26. The first-order valence-electron chi connectivity index (χ1n) is 7.28. The summed E-state index contributed by atoms with van der Waals surface area (Å²) in [5, 5.41) is 0. The summed E-state index contributed by atoms with van der Waals surface area (Å²) in [5.41, 5.74) is 0.749. The van der Waals surface area contributed by atoms with Gasteiger partial charge in [-0.1, -0.05) is 22.9 Å². The number of piperidine rings is 1. The van der Waals surface area contributed by atoms with Crippen LogP contribution < -0.4 is 4.74 Å². The summed E-state index contributed by atoms with van der Waals surface area (Å²) in [5.74, 6) is 1.63. The minimum atomic E-state index is 0.133. The number of carbonyl (C=O) groups is 1. The second-order valence-electron chi connectivity index (χ2n) is 5.26. The minimum absolute atomic E-state index is 0.133. The fraction of sp³-hybridized carbons (Fsp3) is 0.562. The lowest BCUT2D eigenvalue weighted by molar-refractivity contribution is 0.0691. The lowest BCUT2D eigenvalue weighted by atomic mass is 9.94. The molecule has 0 radical (unpaired) electrons. The molecule has 1 aromatic rings. The van der Waals surface area contributed by atoms with E-state index >= 15 is 0 Å². The molecule has 20 heavy (non-hydrogen) atoms. The molecule has 110 valence electrons. The predicted octanol–water partition coefficient (Wildman–Crippen LogP) is 3.72. The standard InChI is InChI=1S/C16H22BrNO2/c1-3-20-15-6-4-14(5-7-15)16(19)18-10-8-13(9-11-18)12(2)17/h4-7,12-13H,3,8-11H2,1-2H3. The lowest BCUT2D eigenvalue weighted by Gasteiger charge is -2.33. The Kier molecular flexibility index (Phi) is 5.46. The molecule has 1 amide bonds. The fourth-order valence-electron chi connectivity index (χ4n) is 2.60. The van der Waals surface area contributed by atoms with E-state index in [1.807, 2.05) is 36.1 Å². The van der Waals surface area contributed by atoms with Crippen LogP contribution in [0.5, 0.6) is 5.75 Å². The van der Waals surface area contributed by atoms with E-state index in [1.165, 1.54) is 0 Å². The zero-order valence-electron chi connectivity index (χ0n) is 12.1. The highest BCUT2D eigenvalue weighted by molar-refractivity contribution is 9.09. The summed E-state index contributed by atoms with van der Waals surface area (Å²) in [6.45, 7) is 6.49. The summed E-state index contributed by atoms with van der Waals surface area (Å²) < 4.78 is 5.40. The van der Waals surface area contributed by atoms with Gasteiger partial charge >= 0.3 is 0 Å². The molecular formula is C16H22BrNO2. The van der Waals surface area contributed by atoms with Crippen LogP contribution in [-0.2, 0) is 0 Å². The average molecular weight is 340 g/mol. The SMILES string of the molecule is CCOc1ccc(C(=O)N2CCC(C(C)Br)CC2)cc1. The van der Waals surface area contributed by atoms with Crippen molar-refractivity contribution in [1.29, 1.82) is 0 Å². The summed E-state index contributed by atoms with van der Waals surface area (Å²) in [4.78, 5) is 14.9. The first-order valence-corrected chi connectivity index (χ1v) is 8.19. The molecule has 1 fully saturated rings. The van der Waals surface area contributed by atoms with Crippen molar-refractivity contribution in [3.63, 3.8) is 0 Å². The third-order valence-corrected chi connectivity index (χ3v) is 4.64. The number of alkyl halides is 1. The van der Waals surface area contributed by atoms with Crippen molar-refractivity contribution in [2.75, 3.05) is 19.7 Å². The van der Waals surface area contributed by atoms with E-state index in [1.54, 1.807) is 0 Å². The van der Waals surface area contributed by atoms with Gasteiger partial charge in [0.1, 0.15) is 5.75 Å². The Hall–Kier alpha value is -1.03. The monoisotopic (exact) mass is 339 g/mol. The Labute approximate surface area is 129 Å². The average Bonchev–Trinajstić information content (AvgIpc) is 2.48. The molecule has 1 aliphatic heterocycles. The van der Waals surface area contributed by atoms with Crippen molar-refractivity contribution < 1.29 is 9.53 Å². The highest BCUT2D eigenvalue weighted by atomic mass is 79.9. The van der Waals surface area contributed by atoms with Crippen molar-refractivity contribution >= 4 is 21.8 Å². The number of ether oxygens (including phenoxy) is 1. The van der Waals surface area contributed by atoms with Gasteiger partial charge in [-0.25, -0.2) is 0 Å². The van der Waals surface area contributed by atoms with Gasteiger partial charge in [0.05, 0.1) is 6.61 Å². The molecule has 2 rings (SSSR count). The Bertz CT molecular complexity index is 436. The molecule has 1 aromatic carbocycles. The van der Waals surface area contributed by atoms with Crippen molar-refractivity contribution in [2.24, 2.45) is 5.92 Å². The van der Waals surface area contributed by atoms with Crippen LogP contribution in [0.25, 0.3) is 0 Å². The topological polar surface area (TPSA) is 29.5 Å². The van der Waals surface area contributed by atoms with E-state index in [9.17, 15) is 4.79 Å². The molecule has 1 heterocycles. The van der Waals surface area contributed by atoms with Gasteiger partial charge in [-0.15, -0.1) is 0 Å². The number of hydrogen-bond donors (Lipinski definition) is 0. The molecule has 0 aliphatic carbocycles. The van der Waals surface area contributed by atoms with Gasteiger partial charge < -0.3 is 9.64 Å². The summed E-state index contributed by atoms with van der Waals surface area (Å²) in [7, 11) is 0. The third-order valence-electron chi connectivity index (χ3n) is 3.89. The van der Waals surface area contributed by atoms with Crippen LogP contribution >= 0.6 is 15.9 Å². The molecule has 0 spiro atoms. The van der Waals surface area contributed by atoms with Crippen LogP contribution in [0.3, 0.4) is 0 Å². The Balaban J connectivity index is 1.94. The predicted molar refractivity (Wildman–Crippen MR) is 84.6 cm³/mol. The second-order valence-corrected chi connectivity index (χ2v) is 6.71. The number of hydrogen-bond acceptors (Lipinski definition) is 2. The van der Waals surface area contributed by atoms with E-state index in [0.29, 0.717) is 17.4 Å². The quantitative estimate of drug-likeness (QED) is 0.782. The van der Waals surface area contributed by atoms with E-state index < -0.39 is 0 Å². The maximum absolute atomic E-state index is 12.4. The van der Waals surface area contributed by atoms with Gasteiger partial charge in [0, 0.05) is 23.5 Å². The Morgan fingerprint density at radius 1 is 1.35 bits per heavy atom. The zero-order chi connectivity index (χ0) is 14.5. The fourth-order valence-corrected chi connectivity index (χ4v) is 3.13. The molecule has 0 aromatic heterocycles. The number of likely N-dealkylation sites (tertiary alicyclic amines) is 1. The molecule has 1 aliphatic rings.